The molecule has 0 aliphatic heterocycles. The maximum Gasteiger partial charge on any atom is 1.00 e. The van der Waals surface area contributed by atoms with Crippen LogP contribution in [0.3, 0.4) is 0 Å². The summed E-state index contributed by atoms with van der Waals surface area (Å²) in [6, 6.07) is 0. The van der Waals surface area contributed by atoms with Crippen molar-refractivity contribution >= 4 is 10.1 Å². The molecule has 0 saturated heterocycles. The topological polar surface area (TPSA) is 77.4 Å². The first kappa shape index (κ1) is 23.1. The van der Waals surface area contributed by atoms with Crippen LogP contribution < -0.4 is 29.6 Å². The zero-order chi connectivity index (χ0) is 14.7. The van der Waals surface area contributed by atoms with Gasteiger partial charge in [0.25, 0.3) is 0 Å². The van der Waals surface area contributed by atoms with Crippen LogP contribution in [0.25, 0.3) is 0 Å². The van der Waals surface area contributed by atoms with Gasteiger partial charge < -0.3 is 9.66 Å². The van der Waals surface area contributed by atoms with Crippen molar-refractivity contribution in [2.75, 3.05) is 0 Å². The molecular weight excluding hydrogens is 287 g/mol. The molecule has 4 nitrogen and oxygen atoms in total. The molecule has 2 unspecified atom stereocenters. The first-order valence-electron chi connectivity index (χ1n) is 7.50. The summed E-state index contributed by atoms with van der Waals surface area (Å²) < 4.78 is 33.3. The second kappa shape index (κ2) is 13.5. The van der Waals surface area contributed by atoms with Crippen LogP contribution in [0.4, 0.5) is 0 Å². The van der Waals surface area contributed by atoms with Crippen molar-refractivity contribution in [1.29, 1.82) is 0 Å². The third kappa shape index (κ3) is 13.8. The average Bonchev–Trinajstić information content (AvgIpc) is 2.29. The molecule has 0 aromatic carbocycles. The van der Waals surface area contributed by atoms with E-state index in [4.69, 9.17) is 5.11 Å². The third-order valence-electron chi connectivity index (χ3n) is 3.44. The van der Waals surface area contributed by atoms with E-state index in [1.807, 2.05) is 0 Å². The van der Waals surface area contributed by atoms with Gasteiger partial charge in [-0.3, -0.25) is 0 Å². The van der Waals surface area contributed by atoms with Crippen LogP contribution >= 0.6 is 0 Å². The Bertz CT molecular complexity index is 304. The van der Waals surface area contributed by atoms with E-state index >= 15 is 0 Å². The minimum absolute atomic E-state index is 0. The first-order chi connectivity index (χ1) is 8.88. The van der Waals surface area contributed by atoms with E-state index in [0.717, 1.165) is 19.3 Å². The van der Waals surface area contributed by atoms with Crippen molar-refractivity contribution < 1.29 is 47.6 Å². The summed E-state index contributed by atoms with van der Waals surface area (Å²) in [6.07, 6.45) is 8.34. The quantitative estimate of drug-likeness (QED) is 0.317. The Kier molecular flexibility index (Phi) is 15.7. The van der Waals surface area contributed by atoms with E-state index in [-0.39, 0.29) is 36.0 Å². The molecule has 0 rings (SSSR count). The smallest absolute Gasteiger partial charge is 0.748 e. The van der Waals surface area contributed by atoms with Gasteiger partial charge in [-0.25, -0.2) is 8.42 Å². The SMILES string of the molecule is CCCCCCCCCC(CCC(C)O)S(=O)(=O)[O-].[Na+]. The van der Waals surface area contributed by atoms with Crippen molar-refractivity contribution in [3.05, 3.63) is 0 Å². The number of rotatable bonds is 12. The largest absolute Gasteiger partial charge is 1.00 e. The molecular formula is C14H29NaO4S. The van der Waals surface area contributed by atoms with Crippen LogP contribution in [0.1, 0.15) is 78.1 Å². The Morgan fingerprint density at radius 1 is 0.950 bits per heavy atom. The summed E-state index contributed by atoms with van der Waals surface area (Å²) in [5.74, 6) is 0. The number of hydrogen-bond donors (Lipinski definition) is 1. The van der Waals surface area contributed by atoms with E-state index in [0.29, 0.717) is 12.8 Å². The molecule has 0 spiro atoms. The standard InChI is InChI=1S/C14H30O4S.Na/c1-3-4-5-6-7-8-9-10-14(19(16,17)18)12-11-13(2)15;/h13-15H,3-12H2,1-2H3,(H,16,17,18);/q;+1/p-1. The molecule has 0 aromatic rings. The van der Waals surface area contributed by atoms with Gasteiger partial charge in [0, 0.05) is 5.25 Å². The Morgan fingerprint density at radius 3 is 1.90 bits per heavy atom. The van der Waals surface area contributed by atoms with Crippen LogP contribution in [-0.2, 0) is 10.1 Å². The molecule has 0 bridgehead atoms. The number of aliphatic hydroxyl groups is 1. The molecule has 116 valence electrons. The second-order valence-electron chi connectivity index (χ2n) is 5.45. The molecule has 0 fully saturated rings. The summed E-state index contributed by atoms with van der Waals surface area (Å²) >= 11 is 0. The van der Waals surface area contributed by atoms with E-state index in [9.17, 15) is 13.0 Å². The molecule has 0 amide bonds. The Morgan fingerprint density at radius 2 is 1.45 bits per heavy atom. The second-order valence-corrected chi connectivity index (χ2v) is 7.10. The minimum Gasteiger partial charge on any atom is -0.748 e. The minimum atomic E-state index is -4.22. The van der Waals surface area contributed by atoms with E-state index in [2.05, 4.69) is 6.92 Å². The van der Waals surface area contributed by atoms with Gasteiger partial charge in [0.1, 0.15) is 0 Å². The van der Waals surface area contributed by atoms with Gasteiger partial charge >= 0.3 is 29.6 Å². The Balaban J connectivity index is 0. The Labute approximate surface area is 146 Å². The molecule has 2 atom stereocenters. The van der Waals surface area contributed by atoms with Gasteiger partial charge in [-0.05, 0) is 26.2 Å². The van der Waals surface area contributed by atoms with Crippen LogP contribution in [-0.4, -0.2) is 29.4 Å². The van der Waals surface area contributed by atoms with E-state index < -0.39 is 21.5 Å². The summed E-state index contributed by atoms with van der Waals surface area (Å²) in [5, 5.41) is 8.34. The number of aliphatic hydroxyl groups excluding tert-OH is 1. The number of unbranched alkanes of at least 4 members (excludes halogenated alkanes) is 6. The molecule has 0 heterocycles. The van der Waals surface area contributed by atoms with Gasteiger partial charge in [0.15, 0.2) is 0 Å². The fraction of sp³-hybridized carbons (Fsp3) is 1.00. The first-order valence-corrected chi connectivity index (χ1v) is 8.97. The average molecular weight is 316 g/mol. The predicted molar refractivity (Wildman–Crippen MR) is 77.0 cm³/mol. The Hall–Kier alpha value is 0.870. The fourth-order valence-electron chi connectivity index (χ4n) is 2.19. The maximum absolute atomic E-state index is 11.1. The van der Waals surface area contributed by atoms with Crippen molar-refractivity contribution in [1.82, 2.24) is 0 Å². The normalized spacial score (nSPS) is 14.6. The monoisotopic (exact) mass is 316 g/mol. The van der Waals surface area contributed by atoms with Gasteiger partial charge in [0.2, 0.25) is 0 Å². The van der Waals surface area contributed by atoms with Gasteiger partial charge in [-0.15, -0.1) is 0 Å². The predicted octanol–water partition coefficient (Wildman–Crippen LogP) is 0.206. The van der Waals surface area contributed by atoms with Crippen LogP contribution in [0.5, 0.6) is 0 Å². The van der Waals surface area contributed by atoms with Gasteiger partial charge in [-0.2, -0.15) is 0 Å². The molecule has 0 aliphatic rings. The van der Waals surface area contributed by atoms with Crippen LogP contribution in [0.15, 0.2) is 0 Å². The summed E-state index contributed by atoms with van der Waals surface area (Å²) in [4.78, 5) is 0. The summed E-state index contributed by atoms with van der Waals surface area (Å²) in [5.41, 5.74) is 0. The summed E-state index contributed by atoms with van der Waals surface area (Å²) in [6.45, 7) is 3.79. The van der Waals surface area contributed by atoms with Crippen molar-refractivity contribution in [3.63, 3.8) is 0 Å². The zero-order valence-corrected chi connectivity index (χ0v) is 16.1. The van der Waals surface area contributed by atoms with Crippen molar-refractivity contribution in [2.24, 2.45) is 0 Å². The number of hydrogen-bond acceptors (Lipinski definition) is 4. The van der Waals surface area contributed by atoms with Gasteiger partial charge in [-0.1, -0.05) is 51.9 Å². The van der Waals surface area contributed by atoms with E-state index in [1.165, 1.54) is 25.7 Å². The van der Waals surface area contributed by atoms with Crippen molar-refractivity contribution in [3.8, 4) is 0 Å². The third-order valence-corrected chi connectivity index (χ3v) is 4.73. The van der Waals surface area contributed by atoms with Crippen LogP contribution in [0.2, 0.25) is 0 Å². The van der Waals surface area contributed by atoms with Crippen molar-refractivity contribution in [2.45, 2.75) is 89.4 Å². The molecule has 6 heteroatoms. The summed E-state index contributed by atoms with van der Waals surface area (Å²) in [7, 11) is -4.22. The van der Waals surface area contributed by atoms with E-state index in [1.54, 1.807) is 6.92 Å². The van der Waals surface area contributed by atoms with Gasteiger partial charge in [0.05, 0.1) is 16.2 Å². The zero-order valence-electron chi connectivity index (χ0n) is 13.3. The molecule has 1 N–H and O–H groups in total. The maximum atomic E-state index is 11.1. The molecule has 0 radical (unpaired) electrons. The molecule has 20 heavy (non-hydrogen) atoms. The van der Waals surface area contributed by atoms with Crippen LogP contribution in [0, 0.1) is 0 Å². The molecule has 0 saturated carbocycles. The molecule has 0 aromatic heterocycles. The molecule has 0 aliphatic carbocycles. The fourth-order valence-corrected chi connectivity index (χ4v) is 3.07.